The molecule has 0 radical (unpaired) electrons. The van der Waals surface area contributed by atoms with Crippen LogP contribution in [0.4, 0.5) is 5.69 Å². The van der Waals surface area contributed by atoms with Crippen molar-refractivity contribution in [2.45, 2.75) is 18.8 Å². The Balaban J connectivity index is 1.78. The fourth-order valence-corrected chi connectivity index (χ4v) is 2.17. The highest BCUT2D eigenvalue weighted by Crippen LogP contribution is 2.38. The Kier molecular flexibility index (Phi) is 3.59. The van der Waals surface area contributed by atoms with Crippen LogP contribution in [0.15, 0.2) is 30.6 Å². The van der Waals surface area contributed by atoms with Crippen LogP contribution in [0.2, 0.25) is 10.0 Å². The topological polar surface area (TPSA) is 54.9 Å². The van der Waals surface area contributed by atoms with Crippen LogP contribution < -0.4 is 5.32 Å². The fraction of sp³-hybridized carbons (Fsp3) is 0.214. The number of anilines is 1. The number of hydrogen-bond donors (Lipinski definition) is 1. The van der Waals surface area contributed by atoms with E-state index in [9.17, 15) is 4.79 Å². The zero-order chi connectivity index (χ0) is 14.1. The van der Waals surface area contributed by atoms with E-state index in [4.69, 9.17) is 23.2 Å². The smallest absolute Gasteiger partial charge is 0.274 e. The number of nitrogens with one attached hydrogen (secondary N) is 1. The third-order valence-electron chi connectivity index (χ3n) is 3.09. The van der Waals surface area contributed by atoms with Crippen molar-refractivity contribution in [3.63, 3.8) is 0 Å². The first-order chi connectivity index (χ1) is 9.63. The van der Waals surface area contributed by atoms with Crippen LogP contribution >= 0.6 is 23.2 Å². The minimum Gasteiger partial charge on any atom is -0.321 e. The van der Waals surface area contributed by atoms with Gasteiger partial charge >= 0.3 is 0 Å². The summed E-state index contributed by atoms with van der Waals surface area (Å²) in [4.78, 5) is 20.3. The molecule has 1 aliphatic carbocycles. The first-order valence-corrected chi connectivity index (χ1v) is 6.97. The van der Waals surface area contributed by atoms with E-state index in [0.717, 1.165) is 18.5 Å². The van der Waals surface area contributed by atoms with Crippen molar-refractivity contribution >= 4 is 34.8 Å². The molecule has 0 spiro atoms. The highest BCUT2D eigenvalue weighted by molar-refractivity contribution is 6.42. The predicted molar refractivity (Wildman–Crippen MR) is 78.4 cm³/mol. The van der Waals surface area contributed by atoms with Gasteiger partial charge in [-0.05, 0) is 37.1 Å². The second-order valence-corrected chi connectivity index (χ2v) is 5.50. The Morgan fingerprint density at radius 1 is 1.15 bits per heavy atom. The summed E-state index contributed by atoms with van der Waals surface area (Å²) in [7, 11) is 0. The molecule has 1 aliphatic rings. The van der Waals surface area contributed by atoms with E-state index in [1.165, 1.54) is 6.33 Å². The largest absolute Gasteiger partial charge is 0.321 e. The number of amides is 1. The van der Waals surface area contributed by atoms with Gasteiger partial charge in [0, 0.05) is 17.3 Å². The third-order valence-corrected chi connectivity index (χ3v) is 3.83. The Morgan fingerprint density at radius 2 is 1.95 bits per heavy atom. The van der Waals surface area contributed by atoms with Crippen molar-refractivity contribution in [2.75, 3.05) is 5.32 Å². The standard InChI is InChI=1S/C14H11Cl2N3O/c15-10-4-3-9(5-11(10)16)19-14(20)13-6-12(8-1-2-8)17-7-18-13/h3-8H,1-2H2,(H,19,20). The molecule has 1 aromatic heterocycles. The van der Waals surface area contributed by atoms with Gasteiger partial charge in [-0.1, -0.05) is 23.2 Å². The molecule has 0 unspecified atom stereocenters. The molecule has 1 N–H and O–H groups in total. The number of carbonyl (C=O) groups excluding carboxylic acids is 1. The molecule has 1 fully saturated rings. The molecule has 0 aliphatic heterocycles. The summed E-state index contributed by atoms with van der Waals surface area (Å²) in [5, 5.41) is 3.58. The van der Waals surface area contributed by atoms with Crippen molar-refractivity contribution in [3.05, 3.63) is 52.0 Å². The summed E-state index contributed by atoms with van der Waals surface area (Å²) in [6.07, 6.45) is 3.69. The second kappa shape index (κ2) is 5.38. The molecule has 0 atom stereocenters. The Morgan fingerprint density at radius 3 is 2.65 bits per heavy atom. The molecule has 4 nitrogen and oxygen atoms in total. The van der Waals surface area contributed by atoms with Crippen molar-refractivity contribution in [2.24, 2.45) is 0 Å². The molecule has 1 amide bonds. The lowest BCUT2D eigenvalue weighted by molar-refractivity contribution is 0.102. The van der Waals surface area contributed by atoms with Gasteiger partial charge in [-0.15, -0.1) is 0 Å². The van der Waals surface area contributed by atoms with Crippen molar-refractivity contribution in [1.82, 2.24) is 9.97 Å². The van der Waals surface area contributed by atoms with E-state index >= 15 is 0 Å². The van der Waals surface area contributed by atoms with Gasteiger partial charge in [-0.25, -0.2) is 9.97 Å². The number of benzene rings is 1. The van der Waals surface area contributed by atoms with E-state index in [1.54, 1.807) is 24.3 Å². The maximum absolute atomic E-state index is 12.1. The minimum absolute atomic E-state index is 0.285. The highest BCUT2D eigenvalue weighted by Gasteiger charge is 2.25. The molecule has 20 heavy (non-hydrogen) atoms. The van der Waals surface area contributed by atoms with Crippen LogP contribution in [0, 0.1) is 0 Å². The number of nitrogens with zero attached hydrogens (tertiary/aromatic N) is 2. The molecular formula is C14H11Cl2N3O. The zero-order valence-corrected chi connectivity index (χ0v) is 11.9. The van der Waals surface area contributed by atoms with Crippen LogP contribution in [-0.2, 0) is 0 Å². The van der Waals surface area contributed by atoms with E-state index in [-0.39, 0.29) is 5.91 Å². The summed E-state index contributed by atoms with van der Waals surface area (Å²) >= 11 is 11.7. The second-order valence-electron chi connectivity index (χ2n) is 4.69. The van der Waals surface area contributed by atoms with Gasteiger partial charge in [0.1, 0.15) is 12.0 Å². The van der Waals surface area contributed by atoms with Gasteiger partial charge in [-0.2, -0.15) is 0 Å². The molecule has 3 rings (SSSR count). The van der Waals surface area contributed by atoms with Gasteiger partial charge in [0.05, 0.1) is 10.0 Å². The lowest BCUT2D eigenvalue weighted by Gasteiger charge is -2.06. The SMILES string of the molecule is O=C(Nc1ccc(Cl)c(Cl)c1)c1cc(C2CC2)ncn1. The molecule has 6 heteroatoms. The summed E-state index contributed by atoms with van der Waals surface area (Å²) < 4.78 is 0. The molecule has 0 bridgehead atoms. The molecule has 0 saturated heterocycles. The van der Waals surface area contributed by atoms with Crippen molar-refractivity contribution < 1.29 is 4.79 Å². The molecule has 102 valence electrons. The van der Waals surface area contributed by atoms with Crippen LogP contribution in [0.25, 0.3) is 0 Å². The quantitative estimate of drug-likeness (QED) is 0.935. The molecule has 1 aromatic carbocycles. The van der Waals surface area contributed by atoms with Gasteiger partial charge in [0.2, 0.25) is 0 Å². The number of halogens is 2. The summed E-state index contributed by atoms with van der Waals surface area (Å²) in [5.74, 6) is 0.196. The van der Waals surface area contributed by atoms with Crippen LogP contribution in [0.3, 0.4) is 0 Å². The highest BCUT2D eigenvalue weighted by atomic mass is 35.5. The number of rotatable bonds is 3. The average Bonchev–Trinajstić information content (AvgIpc) is 3.28. The van der Waals surface area contributed by atoms with Gasteiger partial charge < -0.3 is 5.32 Å². The van der Waals surface area contributed by atoms with Crippen molar-refractivity contribution in [3.8, 4) is 0 Å². The van der Waals surface area contributed by atoms with E-state index in [2.05, 4.69) is 15.3 Å². The van der Waals surface area contributed by atoms with Crippen LogP contribution in [-0.4, -0.2) is 15.9 Å². The summed E-state index contributed by atoms with van der Waals surface area (Å²) in [6.45, 7) is 0. The maximum atomic E-state index is 12.1. The third kappa shape index (κ3) is 2.92. The molecule has 1 heterocycles. The Labute approximate surface area is 126 Å². The van der Waals surface area contributed by atoms with Crippen molar-refractivity contribution in [1.29, 1.82) is 0 Å². The minimum atomic E-state index is -0.285. The van der Waals surface area contributed by atoms with Gasteiger partial charge in [0.15, 0.2) is 0 Å². The fourth-order valence-electron chi connectivity index (χ4n) is 1.87. The zero-order valence-electron chi connectivity index (χ0n) is 10.4. The summed E-state index contributed by atoms with van der Waals surface area (Å²) in [6, 6.07) is 6.67. The van der Waals surface area contributed by atoms with Gasteiger partial charge in [-0.3, -0.25) is 4.79 Å². The normalized spacial score (nSPS) is 14.1. The average molecular weight is 308 g/mol. The van der Waals surface area contributed by atoms with Crippen LogP contribution in [0.1, 0.15) is 34.9 Å². The lowest BCUT2D eigenvalue weighted by atomic mass is 10.2. The Bertz CT molecular complexity index is 671. The summed E-state index contributed by atoms with van der Waals surface area (Å²) in [5.41, 5.74) is 1.86. The molecule has 1 saturated carbocycles. The number of aromatic nitrogens is 2. The van der Waals surface area contributed by atoms with Gasteiger partial charge in [0.25, 0.3) is 5.91 Å². The first kappa shape index (κ1) is 13.3. The predicted octanol–water partition coefficient (Wildman–Crippen LogP) is 3.91. The molecular weight excluding hydrogens is 297 g/mol. The van der Waals surface area contributed by atoms with E-state index in [1.807, 2.05) is 0 Å². The monoisotopic (exact) mass is 307 g/mol. The Hall–Kier alpha value is -1.65. The lowest BCUT2D eigenvalue weighted by Crippen LogP contribution is -2.14. The first-order valence-electron chi connectivity index (χ1n) is 6.22. The number of carbonyl (C=O) groups is 1. The molecule has 2 aromatic rings. The van der Waals surface area contributed by atoms with E-state index in [0.29, 0.717) is 27.3 Å². The van der Waals surface area contributed by atoms with Crippen LogP contribution in [0.5, 0.6) is 0 Å². The number of hydrogen-bond acceptors (Lipinski definition) is 3. The van der Waals surface area contributed by atoms with E-state index < -0.39 is 0 Å². The maximum Gasteiger partial charge on any atom is 0.274 e.